The summed E-state index contributed by atoms with van der Waals surface area (Å²) in [6.45, 7) is 0. The third-order valence-electron chi connectivity index (χ3n) is 3.40. The number of aromatic nitrogens is 3. The number of benzene rings is 2. The van der Waals surface area contributed by atoms with Crippen LogP contribution in [0.3, 0.4) is 0 Å². The van der Waals surface area contributed by atoms with Crippen molar-refractivity contribution in [1.82, 2.24) is 15.2 Å². The minimum atomic E-state index is -1.58. The minimum Gasteiger partial charge on any atom is -0.478 e. The van der Waals surface area contributed by atoms with Gasteiger partial charge in [0.2, 0.25) is 5.95 Å². The number of rotatable bonds is 6. The average Bonchev–Trinajstić information content (AvgIpc) is 3.16. The predicted molar refractivity (Wildman–Crippen MR) is 102 cm³/mol. The lowest BCUT2D eigenvalue weighted by Crippen LogP contribution is -2.15. The smallest absolute Gasteiger partial charge is 0.337 e. The van der Waals surface area contributed by atoms with E-state index >= 15 is 0 Å². The molecule has 2 aromatic carbocycles. The fourth-order valence-electron chi connectivity index (χ4n) is 2.13. The van der Waals surface area contributed by atoms with Crippen LogP contribution in [0.4, 0.5) is 11.6 Å². The molecule has 27 heavy (non-hydrogen) atoms. The summed E-state index contributed by atoms with van der Waals surface area (Å²) in [5.74, 6) is -1.39. The number of carboxylic acid groups (broad SMARTS) is 1. The summed E-state index contributed by atoms with van der Waals surface area (Å²) in [5, 5.41) is 18.0. The van der Waals surface area contributed by atoms with Gasteiger partial charge in [-0.15, -0.1) is 0 Å². The number of nitrogens with zero attached hydrogens (tertiary/aromatic N) is 2. The van der Waals surface area contributed by atoms with Crippen molar-refractivity contribution >= 4 is 50.4 Å². The quantitative estimate of drug-likeness (QED) is 0.456. The summed E-state index contributed by atoms with van der Waals surface area (Å²) < 4.78 is 15.4. The van der Waals surface area contributed by atoms with Crippen molar-refractivity contribution < 1.29 is 18.9 Å². The number of halogens is 1. The Bertz CT molecular complexity index is 1010. The van der Waals surface area contributed by atoms with E-state index in [1.54, 1.807) is 6.07 Å². The van der Waals surface area contributed by atoms with Gasteiger partial charge in [-0.25, -0.2) is 14.1 Å². The normalized spacial score (nSPS) is 11.6. The summed E-state index contributed by atoms with van der Waals surface area (Å²) in [7, 11) is -1.58. The molecule has 0 fully saturated rings. The molecule has 0 saturated carbocycles. The first kappa shape index (κ1) is 18.7. The maximum absolute atomic E-state index is 12.4. The van der Waals surface area contributed by atoms with Crippen LogP contribution in [0.2, 0.25) is 0 Å². The van der Waals surface area contributed by atoms with Gasteiger partial charge in [-0.3, -0.25) is 9.52 Å². The molecule has 0 aliphatic heterocycles. The molecule has 1 amide bonds. The fraction of sp³-hybridized carbons (Fsp3) is 0. The molecule has 1 unspecified atom stereocenters. The monoisotopic (exact) mass is 449 g/mol. The molecule has 0 bridgehead atoms. The third-order valence-corrected chi connectivity index (χ3v) is 4.97. The molecule has 0 spiro atoms. The van der Waals surface area contributed by atoms with Crippen LogP contribution in [0, 0.1) is 0 Å². The van der Waals surface area contributed by atoms with E-state index < -0.39 is 22.9 Å². The van der Waals surface area contributed by atoms with Crippen LogP contribution in [0.5, 0.6) is 0 Å². The average molecular weight is 450 g/mol. The van der Waals surface area contributed by atoms with Crippen molar-refractivity contribution in [2.45, 2.75) is 4.90 Å². The van der Waals surface area contributed by atoms with Crippen LogP contribution in [-0.4, -0.2) is 36.4 Å². The molecule has 3 aromatic rings. The summed E-state index contributed by atoms with van der Waals surface area (Å²) >= 11 is 3.20. The Hall–Kier alpha value is -3.05. The highest BCUT2D eigenvalue weighted by molar-refractivity contribution is 9.10. The molecular weight excluding hydrogens is 438 g/mol. The lowest BCUT2D eigenvalue weighted by atomic mass is 10.1. The van der Waals surface area contributed by atoms with E-state index in [-0.39, 0.29) is 22.8 Å². The molecule has 0 aliphatic carbocycles. The van der Waals surface area contributed by atoms with Gasteiger partial charge in [-0.1, -0.05) is 15.9 Å². The molecule has 0 radical (unpaired) electrons. The Morgan fingerprint density at radius 2 is 1.89 bits per heavy atom. The molecule has 1 heterocycles. The number of hydrogen-bond donors (Lipinski definition) is 4. The largest absolute Gasteiger partial charge is 0.478 e. The van der Waals surface area contributed by atoms with Crippen molar-refractivity contribution in [3.05, 3.63) is 64.4 Å². The highest BCUT2D eigenvalue weighted by Gasteiger charge is 2.15. The topological polar surface area (TPSA) is 137 Å². The van der Waals surface area contributed by atoms with Gasteiger partial charge in [0.15, 0.2) is 11.0 Å². The summed E-state index contributed by atoms with van der Waals surface area (Å²) in [6, 6.07) is 10.6. The number of nitrogens with one attached hydrogen (secondary N) is 3. The number of carbonyl (C=O) groups excluding carboxylic acids is 1. The van der Waals surface area contributed by atoms with Gasteiger partial charge in [-0.2, -0.15) is 10.1 Å². The van der Waals surface area contributed by atoms with Gasteiger partial charge in [-0.05, 0) is 42.5 Å². The van der Waals surface area contributed by atoms with E-state index in [4.69, 9.17) is 0 Å². The highest BCUT2D eigenvalue weighted by Crippen LogP contribution is 2.22. The van der Waals surface area contributed by atoms with Gasteiger partial charge in [0.05, 0.1) is 16.1 Å². The fourth-order valence-corrected chi connectivity index (χ4v) is 3.26. The van der Waals surface area contributed by atoms with E-state index in [1.165, 1.54) is 42.7 Å². The third kappa shape index (κ3) is 4.57. The molecule has 3 rings (SSSR count). The number of aromatic carboxylic acids is 1. The number of anilines is 2. The van der Waals surface area contributed by atoms with E-state index in [1.807, 2.05) is 0 Å². The van der Waals surface area contributed by atoms with Gasteiger partial charge in [0.25, 0.3) is 5.91 Å². The Balaban J connectivity index is 1.73. The number of hydrogen-bond acceptors (Lipinski definition) is 5. The first-order valence-electron chi connectivity index (χ1n) is 7.42. The van der Waals surface area contributed by atoms with E-state index in [0.29, 0.717) is 9.37 Å². The first-order chi connectivity index (χ1) is 12.9. The van der Waals surface area contributed by atoms with Gasteiger partial charge >= 0.3 is 5.97 Å². The second kappa shape index (κ2) is 8.10. The lowest BCUT2D eigenvalue weighted by Gasteiger charge is -2.09. The van der Waals surface area contributed by atoms with Crippen LogP contribution in [0.15, 0.2) is 58.2 Å². The molecule has 1 atom stereocenters. The number of amides is 1. The van der Waals surface area contributed by atoms with Crippen LogP contribution in [-0.2, 0) is 11.0 Å². The molecule has 11 heteroatoms. The SMILES string of the molecule is O=C(Nc1ccc(Br)cc1C(=O)O)c1ccc(S(=O)Nc2ncn[nH]2)cc1. The second-order valence-corrected chi connectivity index (χ2v) is 7.31. The van der Waals surface area contributed by atoms with Crippen molar-refractivity contribution in [2.24, 2.45) is 0 Å². The number of carbonyl (C=O) groups is 2. The van der Waals surface area contributed by atoms with Crippen LogP contribution >= 0.6 is 15.9 Å². The van der Waals surface area contributed by atoms with E-state index in [9.17, 15) is 18.9 Å². The van der Waals surface area contributed by atoms with Crippen molar-refractivity contribution in [3.63, 3.8) is 0 Å². The van der Waals surface area contributed by atoms with Gasteiger partial charge < -0.3 is 10.4 Å². The zero-order chi connectivity index (χ0) is 19.4. The highest BCUT2D eigenvalue weighted by atomic mass is 79.9. The van der Waals surface area contributed by atoms with Crippen molar-refractivity contribution in [2.75, 3.05) is 10.0 Å². The molecule has 4 N–H and O–H groups in total. The minimum absolute atomic E-state index is 0.0355. The van der Waals surface area contributed by atoms with Crippen LogP contribution in [0.25, 0.3) is 0 Å². The number of carboxylic acids is 1. The molecule has 1 aromatic heterocycles. The molecule has 138 valence electrons. The van der Waals surface area contributed by atoms with E-state index in [2.05, 4.69) is 41.2 Å². The Morgan fingerprint density at radius 3 is 2.52 bits per heavy atom. The Labute approximate surface area is 163 Å². The molecular formula is C16H12BrN5O4S. The first-order valence-corrected chi connectivity index (χ1v) is 9.36. The summed E-state index contributed by atoms with van der Waals surface area (Å²) in [5.41, 5.74) is 0.428. The maximum atomic E-state index is 12.4. The molecule has 9 nitrogen and oxygen atoms in total. The van der Waals surface area contributed by atoms with Crippen molar-refractivity contribution in [1.29, 1.82) is 0 Å². The summed E-state index contributed by atoms with van der Waals surface area (Å²) in [4.78, 5) is 27.9. The molecule has 0 saturated heterocycles. The van der Waals surface area contributed by atoms with Crippen LogP contribution in [0.1, 0.15) is 20.7 Å². The Kier molecular flexibility index (Phi) is 5.62. The zero-order valence-corrected chi connectivity index (χ0v) is 15.9. The number of H-pyrrole nitrogens is 1. The summed E-state index contributed by atoms with van der Waals surface area (Å²) in [6.07, 6.45) is 1.28. The van der Waals surface area contributed by atoms with Crippen LogP contribution < -0.4 is 10.0 Å². The van der Waals surface area contributed by atoms with Gasteiger partial charge in [0, 0.05) is 10.0 Å². The Morgan fingerprint density at radius 1 is 1.15 bits per heavy atom. The van der Waals surface area contributed by atoms with Crippen molar-refractivity contribution in [3.8, 4) is 0 Å². The van der Waals surface area contributed by atoms with E-state index in [0.717, 1.165) is 0 Å². The lowest BCUT2D eigenvalue weighted by molar-refractivity contribution is 0.0698. The predicted octanol–water partition coefficient (Wildman–Crippen LogP) is 2.65. The maximum Gasteiger partial charge on any atom is 0.337 e. The standard InChI is InChI=1S/C16H12BrN5O4S/c17-10-3-6-13(12(7-10)15(24)25)20-14(23)9-1-4-11(5-2-9)27(26)22-16-18-8-19-21-16/h1-8H,(H,20,23)(H,24,25)(H2,18,19,21,22). The molecule has 0 aliphatic rings. The van der Waals surface area contributed by atoms with Gasteiger partial charge in [0.1, 0.15) is 6.33 Å². The second-order valence-electron chi connectivity index (χ2n) is 5.18. The number of aromatic amines is 1. The zero-order valence-electron chi connectivity index (χ0n) is 13.5.